The highest BCUT2D eigenvalue weighted by Crippen LogP contribution is 2.19. The molecule has 1 amide bonds. The predicted molar refractivity (Wildman–Crippen MR) is 128 cm³/mol. The summed E-state index contributed by atoms with van der Waals surface area (Å²) in [4.78, 5) is 12.8. The Balaban J connectivity index is 3.72. The minimum Gasteiger partial charge on any atom is -0.272 e. The molecule has 0 saturated heterocycles. The summed E-state index contributed by atoms with van der Waals surface area (Å²) in [6, 6.07) is 0. The van der Waals surface area contributed by atoms with Crippen LogP contribution in [-0.4, -0.2) is 24.1 Å². The minimum absolute atomic E-state index is 0.149. The SMILES string of the molecule is CCCCCCCCCCCCCCCCC(CCC)C(=O)N(NCC)NCC. The molecular weight excluding hydrogens is 358 g/mol. The molecule has 0 rings (SSSR count). The van der Waals surface area contributed by atoms with Gasteiger partial charge in [0.2, 0.25) is 0 Å². The van der Waals surface area contributed by atoms with Gasteiger partial charge < -0.3 is 0 Å². The molecule has 174 valence electrons. The first-order chi connectivity index (χ1) is 14.2. The highest BCUT2D eigenvalue weighted by Gasteiger charge is 2.22. The van der Waals surface area contributed by atoms with Crippen molar-refractivity contribution in [3.8, 4) is 0 Å². The molecule has 0 aromatic heterocycles. The standard InChI is InChI=1S/C25H53N3O/c1-5-9-10-11-12-13-14-15-16-17-18-19-20-21-23-24(22-6-2)25(29)28(26-7-3)27-8-4/h24,26-27H,5-23H2,1-4H3. The van der Waals surface area contributed by atoms with Crippen molar-refractivity contribution in [3.63, 3.8) is 0 Å². The second-order valence-electron chi connectivity index (χ2n) is 8.57. The van der Waals surface area contributed by atoms with E-state index < -0.39 is 0 Å². The van der Waals surface area contributed by atoms with Gasteiger partial charge in [-0.1, -0.05) is 124 Å². The first kappa shape index (κ1) is 28.4. The molecule has 0 aliphatic heterocycles. The molecule has 0 heterocycles. The van der Waals surface area contributed by atoms with E-state index in [2.05, 4.69) is 24.7 Å². The van der Waals surface area contributed by atoms with Crippen molar-refractivity contribution >= 4 is 5.91 Å². The fourth-order valence-electron chi connectivity index (χ4n) is 4.04. The van der Waals surface area contributed by atoms with E-state index >= 15 is 0 Å². The molecule has 0 saturated carbocycles. The maximum atomic E-state index is 12.8. The Morgan fingerprint density at radius 2 is 1.00 bits per heavy atom. The Kier molecular flexibility index (Phi) is 21.6. The molecule has 0 bridgehead atoms. The van der Waals surface area contributed by atoms with E-state index in [1.54, 1.807) is 5.12 Å². The van der Waals surface area contributed by atoms with Crippen molar-refractivity contribution in [2.75, 3.05) is 13.1 Å². The predicted octanol–water partition coefficient (Wildman–Crippen LogP) is 7.15. The number of unbranched alkanes of at least 4 members (excludes halogenated alkanes) is 13. The monoisotopic (exact) mass is 411 g/mol. The fraction of sp³-hybridized carbons (Fsp3) is 0.960. The van der Waals surface area contributed by atoms with Crippen LogP contribution in [0.1, 0.15) is 137 Å². The van der Waals surface area contributed by atoms with Crippen molar-refractivity contribution in [2.24, 2.45) is 5.92 Å². The normalized spacial score (nSPS) is 12.3. The second kappa shape index (κ2) is 22.1. The van der Waals surface area contributed by atoms with Crippen LogP contribution in [-0.2, 0) is 4.79 Å². The molecule has 0 radical (unpaired) electrons. The van der Waals surface area contributed by atoms with Crippen molar-refractivity contribution in [2.45, 2.75) is 137 Å². The number of nitrogens with zero attached hydrogens (tertiary/aromatic N) is 1. The van der Waals surface area contributed by atoms with E-state index in [-0.39, 0.29) is 11.8 Å². The summed E-state index contributed by atoms with van der Waals surface area (Å²) in [5.41, 5.74) is 6.29. The van der Waals surface area contributed by atoms with Gasteiger partial charge in [0.15, 0.2) is 0 Å². The summed E-state index contributed by atoms with van der Waals surface area (Å²) in [6.45, 7) is 10.0. The lowest BCUT2D eigenvalue weighted by molar-refractivity contribution is -0.143. The third-order valence-electron chi connectivity index (χ3n) is 5.75. The van der Waals surface area contributed by atoms with Crippen molar-refractivity contribution in [1.29, 1.82) is 0 Å². The number of rotatable bonds is 22. The quantitative estimate of drug-likeness (QED) is 0.147. The third-order valence-corrected chi connectivity index (χ3v) is 5.75. The molecule has 1 unspecified atom stereocenters. The van der Waals surface area contributed by atoms with Gasteiger partial charge in [-0.05, 0) is 12.8 Å². The average molecular weight is 412 g/mol. The van der Waals surface area contributed by atoms with Gasteiger partial charge in [-0.25, -0.2) is 16.0 Å². The summed E-state index contributed by atoms with van der Waals surface area (Å²) in [5, 5.41) is 1.63. The van der Waals surface area contributed by atoms with Gasteiger partial charge in [0.25, 0.3) is 5.91 Å². The van der Waals surface area contributed by atoms with Gasteiger partial charge in [-0.3, -0.25) is 4.79 Å². The van der Waals surface area contributed by atoms with Crippen LogP contribution in [0.5, 0.6) is 0 Å². The highest BCUT2D eigenvalue weighted by molar-refractivity contribution is 5.77. The summed E-state index contributed by atoms with van der Waals surface area (Å²) in [5.74, 6) is 0.362. The summed E-state index contributed by atoms with van der Waals surface area (Å²) < 4.78 is 0. The lowest BCUT2D eigenvalue weighted by atomic mass is 9.95. The molecular formula is C25H53N3O. The lowest BCUT2D eigenvalue weighted by Crippen LogP contribution is -2.53. The van der Waals surface area contributed by atoms with E-state index in [4.69, 9.17) is 0 Å². The van der Waals surface area contributed by atoms with Crippen LogP contribution in [0.15, 0.2) is 0 Å². The van der Waals surface area contributed by atoms with Crippen LogP contribution >= 0.6 is 0 Å². The van der Waals surface area contributed by atoms with Gasteiger partial charge in [0.05, 0.1) is 0 Å². The maximum absolute atomic E-state index is 12.8. The van der Waals surface area contributed by atoms with Gasteiger partial charge in [0, 0.05) is 19.0 Å². The Morgan fingerprint density at radius 1 is 0.586 bits per heavy atom. The Bertz CT molecular complexity index is 343. The van der Waals surface area contributed by atoms with Crippen LogP contribution in [0.4, 0.5) is 0 Å². The van der Waals surface area contributed by atoms with Gasteiger partial charge in [0.1, 0.15) is 0 Å². The molecule has 0 spiro atoms. The minimum atomic E-state index is 0.149. The number of carbonyl (C=O) groups excluding carboxylic acids is 1. The van der Waals surface area contributed by atoms with Gasteiger partial charge in [-0.2, -0.15) is 0 Å². The van der Waals surface area contributed by atoms with E-state index in [1.807, 2.05) is 13.8 Å². The lowest BCUT2D eigenvalue weighted by Gasteiger charge is -2.27. The first-order valence-electron chi connectivity index (χ1n) is 13.0. The number of carbonyl (C=O) groups is 1. The average Bonchev–Trinajstić information content (AvgIpc) is 2.72. The van der Waals surface area contributed by atoms with Crippen molar-refractivity contribution in [1.82, 2.24) is 16.0 Å². The zero-order valence-electron chi connectivity index (χ0n) is 20.4. The second-order valence-corrected chi connectivity index (χ2v) is 8.57. The number of hydrazine groups is 2. The largest absolute Gasteiger partial charge is 0.272 e. The molecule has 1 atom stereocenters. The topological polar surface area (TPSA) is 44.4 Å². The van der Waals surface area contributed by atoms with E-state index in [0.29, 0.717) is 0 Å². The molecule has 2 N–H and O–H groups in total. The van der Waals surface area contributed by atoms with Crippen molar-refractivity contribution < 1.29 is 4.79 Å². The smallest absolute Gasteiger partial charge is 0.254 e. The molecule has 0 aliphatic carbocycles. The summed E-state index contributed by atoms with van der Waals surface area (Å²) >= 11 is 0. The van der Waals surface area contributed by atoms with Crippen LogP contribution in [0.2, 0.25) is 0 Å². The molecule has 0 aliphatic rings. The van der Waals surface area contributed by atoms with Gasteiger partial charge in [-0.15, -0.1) is 0 Å². The van der Waals surface area contributed by atoms with Crippen molar-refractivity contribution in [3.05, 3.63) is 0 Å². The number of hydrogen-bond acceptors (Lipinski definition) is 3. The Morgan fingerprint density at radius 3 is 1.38 bits per heavy atom. The molecule has 0 fully saturated rings. The van der Waals surface area contributed by atoms with Crippen LogP contribution in [0.25, 0.3) is 0 Å². The zero-order chi connectivity index (χ0) is 21.6. The Hall–Kier alpha value is -0.610. The third kappa shape index (κ3) is 16.8. The van der Waals surface area contributed by atoms with Crippen LogP contribution in [0.3, 0.4) is 0 Å². The van der Waals surface area contributed by atoms with Crippen LogP contribution < -0.4 is 10.9 Å². The summed E-state index contributed by atoms with van der Waals surface area (Å²) in [7, 11) is 0. The zero-order valence-corrected chi connectivity index (χ0v) is 20.4. The first-order valence-corrected chi connectivity index (χ1v) is 13.0. The van der Waals surface area contributed by atoms with E-state index in [0.717, 1.165) is 32.4 Å². The van der Waals surface area contributed by atoms with E-state index in [9.17, 15) is 4.79 Å². The number of nitrogens with one attached hydrogen (secondary N) is 2. The summed E-state index contributed by atoms with van der Waals surface area (Å²) in [6.07, 6.45) is 22.4. The number of hydrogen-bond donors (Lipinski definition) is 2. The van der Waals surface area contributed by atoms with Crippen LogP contribution in [0, 0.1) is 5.92 Å². The molecule has 0 aromatic carbocycles. The highest BCUT2D eigenvalue weighted by atomic mass is 16.2. The molecule has 4 heteroatoms. The molecule has 4 nitrogen and oxygen atoms in total. The van der Waals surface area contributed by atoms with Gasteiger partial charge >= 0.3 is 0 Å². The van der Waals surface area contributed by atoms with E-state index in [1.165, 1.54) is 89.9 Å². The number of amides is 1. The molecule has 29 heavy (non-hydrogen) atoms. The fourth-order valence-corrected chi connectivity index (χ4v) is 4.04. The molecule has 0 aromatic rings. The maximum Gasteiger partial charge on any atom is 0.254 e. The Labute approximate surface area is 182 Å².